The molecule has 2 aliphatic rings. The van der Waals surface area contributed by atoms with Crippen LogP contribution < -0.4 is 21.3 Å². The maximum Gasteiger partial charge on any atom is 0.317 e. The number of rotatable bonds is 7. The fraction of sp³-hybridized carbons (Fsp3) is 0.520. The predicted octanol–water partition coefficient (Wildman–Crippen LogP) is 2.30. The number of nitrogens with one attached hydrogen (secondary N) is 2. The lowest BCUT2D eigenvalue weighted by Gasteiger charge is -2.36. The summed E-state index contributed by atoms with van der Waals surface area (Å²) in [6, 6.07) is 7.85. The summed E-state index contributed by atoms with van der Waals surface area (Å²) in [7, 11) is 0. The molecule has 1 aromatic heterocycles. The number of amides is 4. The van der Waals surface area contributed by atoms with E-state index in [0.717, 1.165) is 55.4 Å². The van der Waals surface area contributed by atoms with E-state index in [2.05, 4.69) is 20.5 Å². The number of urea groups is 1. The Hall–Kier alpha value is -3.18. The number of carbonyl (C=O) groups excluding carboxylic acids is 3. The van der Waals surface area contributed by atoms with Gasteiger partial charge in [0.15, 0.2) is 0 Å². The van der Waals surface area contributed by atoms with Gasteiger partial charge in [0, 0.05) is 56.6 Å². The molecule has 0 unspecified atom stereocenters. The zero-order chi connectivity index (χ0) is 25.7. The van der Waals surface area contributed by atoms with Crippen LogP contribution in [0.5, 0.6) is 0 Å². The number of hydrogen-bond acceptors (Lipinski definition) is 7. The van der Waals surface area contributed by atoms with E-state index in [1.807, 2.05) is 53.3 Å². The molecule has 4 N–H and O–H groups in total. The normalized spacial score (nSPS) is 17.3. The molecule has 0 bridgehead atoms. The van der Waals surface area contributed by atoms with E-state index in [-0.39, 0.29) is 36.3 Å². The summed E-state index contributed by atoms with van der Waals surface area (Å²) in [5.41, 5.74) is 7.43. The zero-order valence-corrected chi connectivity index (χ0v) is 21.7. The number of hydrogen-bond donors (Lipinski definition) is 3. The van der Waals surface area contributed by atoms with Gasteiger partial charge in [0.05, 0.1) is 22.9 Å². The fourth-order valence-electron chi connectivity index (χ4n) is 4.66. The average Bonchev–Trinajstić information content (AvgIpc) is 3.35. The Morgan fingerprint density at radius 2 is 1.78 bits per heavy atom. The van der Waals surface area contributed by atoms with E-state index in [9.17, 15) is 14.4 Å². The van der Waals surface area contributed by atoms with Gasteiger partial charge in [-0.2, -0.15) is 0 Å². The van der Waals surface area contributed by atoms with Gasteiger partial charge in [0.25, 0.3) is 5.91 Å². The van der Waals surface area contributed by atoms with Crippen molar-refractivity contribution in [2.45, 2.75) is 38.6 Å². The largest absolute Gasteiger partial charge is 0.369 e. The Balaban J connectivity index is 1.34. The van der Waals surface area contributed by atoms with Crippen LogP contribution in [-0.4, -0.2) is 84.5 Å². The Labute approximate surface area is 215 Å². The number of benzene rings is 1. The van der Waals surface area contributed by atoms with Crippen molar-refractivity contribution in [1.29, 1.82) is 0 Å². The van der Waals surface area contributed by atoms with Crippen LogP contribution in [0.3, 0.4) is 0 Å². The molecule has 4 amide bonds. The molecule has 2 aromatic rings. The summed E-state index contributed by atoms with van der Waals surface area (Å²) in [5.74, 6) is -0.296. The second-order valence-electron chi connectivity index (χ2n) is 9.64. The van der Waals surface area contributed by atoms with Crippen molar-refractivity contribution in [3.63, 3.8) is 0 Å². The van der Waals surface area contributed by atoms with Crippen molar-refractivity contribution >= 4 is 40.6 Å². The van der Waals surface area contributed by atoms with E-state index in [1.165, 1.54) is 11.3 Å². The molecular formula is C25H35N7O3S. The number of piperazine rings is 1. The number of anilines is 2. The van der Waals surface area contributed by atoms with Gasteiger partial charge in [-0.05, 0) is 38.8 Å². The smallest absolute Gasteiger partial charge is 0.317 e. The second-order valence-corrected chi connectivity index (χ2v) is 10.5. The van der Waals surface area contributed by atoms with Crippen molar-refractivity contribution in [2.75, 3.05) is 56.0 Å². The fourth-order valence-corrected chi connectivity index (χ4v) is 5.63. The topological polar surface area (TPSA) is 124 Å². The van der Waals surface area contributed by atoms with Gasteiger partial charge >= 0.3 is 6.03 Å². The summed E-state index contributed by atoms with van der Waals surface area (Å²) in [6.45, 7) is 8.51. The molecule has 2 aliphatic heterocycles. The Kier molecular flexibility index (Phi) is 8.42. The highest BCUT2D eigenvalue weighted by molar-refractivity contribution is 7.10. The molecule has 36 heavy (non-hydrogen) atoms. The molecule has 2 fully saturated rings. The summed E-state index contributed by atoms with van der Waals surface area (Å²) in [6.07, 6.45) is 1.68. The summed E-state index contributed by atoms with van der Waals surface area (Å²) >= 11 is 1.51. The third-order valence-electron chi connectivity index (χ3n) is 6.54. The lowest BCUT2D eigenvalue weighted by Crippen LogP contribution is -2.49. The van der Waals surface area contributed by atoms with Gasteiger partial charge in [0.2, 0.25) is 5.91 Å². The van der Waals surface area contributed by atoms with Gasteiger partial charge in [-0.1, -0.05) is 12.1 Å². The number of thiazole rings is 1. The number of nitrogens with zero attached hydrogens (tertiary/aromatic N) is 4. The van der Waals surface area contributed by atoms with Crippen molar-refractivity contribution in [1.82, 2.24) is 20.1 Å². The van der Waals surface area contributed by atoms with Crippen LogP contribution in [0.25, 0.3) is 0 Å². The van der Waals surface area contributed by atoms with E-state index in [1.54, 1.807) is 0 Å². The first-order valence-corrected chi connectivity index (χ1v) is 13.3. The van der Waals surface area contributed by atoms with Crippen LogP contribution in [0.4, 0.5) is 16.2 Å². The van der Waals surface area contributed by atoms with E-state index in [0.29, 0.717) is 18.8 Å². The number of carbonyl (C=O) groups is 3. The Morgan fingerprint density at radius 3 is 2.44 bits per heavy atom. The lowest BCUT2D eigenvalue weighted by molar-refractivity contribution is -0.119. The maximum atomic E-state index is 13.1. The number of para-hydroxylation sites is 2. The molecule has 0 saturated carbocycles. The summed E-state index contributed by atoms with van der Waals surface area (Å²) < 4.78 is 0. The summed E-state index contributed by atoms with van der Waals surface area (Å²) in [5, 5.41) is 8.74. The highest BCUT2D eigenvalue weighted by atomic mass is 32.1. The van der Waals surface area contributed by atoms with Crippen LogP contribution >= 0.6 is 11.3 Å². The minimum Gasteiger partial charge on any atom is -0.369 e. The van der Waals surface area contributed by atoms with E-state index >= 15 is 0 Å². The first-order chi connectivity index (χ1) is 17.3. The number of likely N-dealkylation sites (tertiary alicyclic amines) is 1. The first kappa shape index (κ1) is 25.9. The van der Waals surface area contributed by atoms with Gasteiger partial charge < -0.3 is 26.2 Å². The average molecular weight is 514 g/mol. The minimum absolute atomic E-state index is 0.0180. The van der Waals surface area contributed by atoms with E-state index in [4.69, 9.17) is 5.73 Å². The molecule has 2 saturated heterocycles. The Bertz CT molecular complexity index is 1070. The third kappa shape index (κ3) is 6.52. The SMILES string of the molecule is CC(C)NC(=O)N1CCC(c2nc(C(=O)Nc3ccccc3N3CCN(CC(N)=O)CC3)cs2)CC1. The standard InChI is InChI=1S/C25H35N7O3S/c1-17(2)27-25(35)32-9-7-18(8-10-32)24-29-20(16-36-24)23(34)28-19-5-3-4-6-21(19)31-13-11-30(12-14-31)15-22(26)33/h3-6,16-18H,7-15H2,1-2H3,(H2,26,33)(H,27,35)(H,28,34). The molecule has 0 radical (unpaired) electrons. The number of nitrogens with two attached hydrogens (primary N) is 1. The van der Waals surface area contributed by atoms with Gasteiger partial charge in [-0.25, -0.2) is 9.78 Å². The van der Waals surface area contributed by atoms with Crippen LogP contribution in [0, 0.1) is 0 Å². The lowest BCUT2D eigenvalue weighted by atomic mass is 9.98. The Morgan fingerprint density at radius 1 is 1.08 bits per heavy atom. The van der Waals surface area contributed by atoms with Gasteiger partial charge in [-0.3, -0.25) is 14.5 Å². The second kappa shape index (κ2) is 11.7. The quantitative estimate of drug-likeness (QED) is 0.522. The number of aromatic nitrogens is 1. The molecule has 4 rings (SSSR count). The van der Waals surface area contributed by atoms with Crippen LogP contribution in [0.1, 0.15) is 48.1 Å². The molecule has 0 atom stereocenters. The third-order valence-corrected chi connectivity index (χ3v) is 7.55. The van der Waals surface area contributed by atoms with E-state index < -0.39 is 0 Å². The highest BCUT2D eigenvalue weighted by Crippen LogP contribution is 2.31. The minimum atomic E-state index is -0.319. The first-order valence-electron chi connectivity index (χ1n) is 12.5. The summed E-state index contributed by atoms with van der Waals surface area (Å²) in [4.78, 5) is 47.3. The monoisotopic (exact) mass is 513 g/mol. The molecule has 10 nitrogen and oxygen atoms in total. The van der Waals surface area contributed by atoms with Crippen molar-refractivity contribution in [3.8, 4) is 0 Å². The van der Waals surface area contributed by atoms with Crippen molar-refractivity contribution in [2.24, 2.45) is 5.73 Å². The molecule has 3 heterocycles. The molecule has 11 heteroatoms. The molecular weight excluding hydrogens is 478 g/mol. The predicted molar refractivity (Wildman–Crippen MR) is 142 cm³/mol. The van der Waals surface area contributed by atoms with Crippen LogP contribution in [0.15, 0.2) is 29.6 Å². The molecule has 0 aliphatic carbocycles. The van der Waals surface area contributed by atoms with Crippen LogP contribution in [0.2, 0.25) is 0 Å². The van der Waals surface area contributed by atoms with Crippen molar-refractivity contribution < 1.29 is 14.4 Å². The van der Waals surface area contributed by atoms with Crippen LogP contribution in [-0.2, 0) is 4.79 Å². The van der Waals surface area contributed by atoms with Gasteiger partial charge in [0.1, 0.15) is 5.69 Å². The van der Waals surface area contributed by atoms with Crippen molar-refractivity contribution in [3.05, 3.63) is 40.3 Å². The zero-order valence-electron chi connectivity index (χ0n) is 20.9. The maximum absolute atomic E-state index is 13.1. The molecule has 194 valence electrons. The molecule has 0 spiro atoms. The number of primary amides is 1. The highest BCUT2D eigenvalue weighted by Gasteiger charge is 2.27. The number of piperidine rings is 1. The van der Waals surface area contributed by atoms with Gasteiger partial charge in [-0.15, -0.1) is 11.3 Å². The molecule has 1 aromatic carbocycles.